The number of benzene rings is 2. The Kier molecular flexibility index (Phi) is 16.3. The molecule has 0 aliphatic heterocycles. The molecule has 0 saturated carbocycles. The highest BCUT2D eigenvalue weighted by molar-refractivity contribution is 6.99. The van der Waals surface area contributed by atoms with Crippen LogP contribution in [0.15, 0.2) is 65.8 Å². The normalized spacial score (nSPS) is 14.3. The first-order valence-corrected chi connectivity index (χ1v) is 17.8. The van der Waals surface area contributed by atoms with E-state index >= 15 is 0 Å². The van der Waals surface area contributed by atoms with Gasteiger partial charge in [0.15, 0.2) is 0 Å². The van der Waals surface area contributed by atoms with E-state index in [1.165, 1.54) is 57.8 Å². The van der Waals surface area contributed by atoms with E-state index in [9.17, 15) is 15.7 Å². The average molecular weight is 582 g/mol. The van der Waals surface area contributed by atoms with Gasteiger partial charge in [0.05, 0.1) is 18.2 Å². The lowest BCUT2D eigenvalue weighted by Gasteiger charge is -2.43. The van der Waals surface area contributed by atoms with E-state index in [1.54, 1.807) is 0 Å². The third-order valence-electron chi connectivity index (χ3n) is 8.23. The monoisotopic (exact) mass is 581 g/mol. The predicted octanol–water partition coefficient (Wildman–Crippen LogP) is 8.05. The van der Waals surface area contributed by atoms with Crippen LogP contribution in [0.25, 0.3) is 10.4 Å². The summed E-state index contributed by atoms with van der Waals surface area (Å²) in [5, 5.41) is 27.8. The second-order valence-corrected chi connectivity index (χ2v) is 16.8. The zero-order valence-electron chi connectivity index (χ0n) is 26.0. The number of hydrogen-bond donors (Lipinski definition) is 2. The van der Waals surface area contributed by atoms with Crippen LogP contribution in [0, 0.1) is 0 Å². The van der Waals surface area contributed by atoms with E-state index in [0.29, 0.717) is 6.42 Å². The average Bonchev–Trinajstić information content (AvgIpc) is 2.97. The van der Waals surface area contributed by atoms with Crippen molar-refractivity contribution in [3.63, 3.8) is 0 Å². The van der Waals surface area contributed by atoms with Crippen LogP contribution in [-0.2, 0) is 4.43 Å². The Labute approximate surface area is 250 Å². The van der Waals surface area contributed by atoms with Crippen LogP contribution in [0.3, 0.4) is 0 Å². The van der Waals surface area contributed by atoms with Crippen molar-refractivity contribution in [2.24, 2.45) is 5.11 Å². The van der Waals surface area contributed by atoms with Crippen molar-refractivity contribution >= 4 is 18.7 Å². The van der Waals surface area contributed by atoms with Gasteiger partial charge < -0.3 is 14.6 Å². The highest BCUT2D eigenvalue weighted by Crippen LogP contribution is 2.37. The SMILES string of the molecule is CCCCCCCCCCCCCC[C@H](O)[C@@H](O)[C@H](CO[Si](c1ccccc1)(c1ccccc1)C(C)(C)C)N=[N+]=[N-]. The van der Waals surface area contributed by atoms with Crippen molar-refractivity contribution in [2.75, 3.05) is 6.61 Å². The smallest absolute Gasteiger partial charge is 0.261 e. The minimum Gasteiger partial charge on any atom is -0.407 e. The zero-order chi connectivity index (χ0) is 30.0. The minimum absolute atomic E-state index is 0.0357. The fourth-order valence-electron chi connectivity index (χ4n) is 5.86. The summed E-state index contributed by atoms with van der Waals surface area (Å²) >= 11 is 0. The molecule has 2 rings (SSSR count). The molecule has 2 aromatic carbocycles. The predicted molar refractivity (Wildman–Crippen MR) is 174 cm³/mol. The number of aliphatic hydroxyl groups is 2. The number of unbranched alkanes of at least 4 members (excludes halogenated alkanes) is 11. The molecule has 2 aromatic rings. The number of azide groups is 1. The zero-order valence-corrected chi connectivity index (χ0v) is 27.0. The fraction of sp³-hybridized carbons (Fsp3) is 0.647. The van der Waals surface area contributed by atoms with Crippen molar-refractivity contribution in [1.29, 1.82) is 0 Å². The molecule has 0 aromatic heterocycles. The highest BCUT2D eigenvalue weighted by Gasteiger charge is 2.50. The first-order valence-electron chi connectivity index (χ1n) is 15.9. The van der Waals surface area contributed by atoms with Crippen LogP contribution >= 0.6 is 0 Å². The van der Waals surface area contributed by atoms with Gasteiger partial charge in [-0.1, -0.05) is 171 Å². The molecule has 228 valence electrons. The molecule has 0 spiro atoms. The number of aliphatic hydroxyl groups excluding tert-OH is 2. The van der Waals surface area contributed by atoms with Crippen LogP contribution in [0.4, 0.5) is 0 Å². The molecule has 3 atom stereocenters. The summed E-state index contributed by atoms with van der Waals surface area (Å²) in [5.74, 6) is 0. The van der Waals surface area contributed by atoms with Gasteiger partial charge in [-0.05, 0) is 27.4 Å². The maximum absolute atomic E-state index is 11.0. The molecule has 6 nitrogen and oxygen atoms in total. The summed E-state index contributed by atoms with van der Waals surface area (Å²) in [6.45, 7) is 8.83. The van der Waals surface area contributed by atoms with Crippen LogP contribution in [-0.4, -0.2) is 43.4 Å². The van der Waals surface area contributed by atoms with Gasteiger partial charge in [-0.2, -0.15) is 0 Å². The minimum atomic E-state index is -2.86. The largest absolute Gasteiger partial charge is 0.407 e. The standard InChI is InChI=1S/C34H55N3O3Si/c1-5-6-7-8-9-10-11-12-13-14-15-22-27-32(38)33(39)31(36-37-35)28-40-41(34(2,3)4,29-23-18-16-19-24-29)30-25-20-17-21-26-30/h16-21,23-26,31-33,38-39H,5-15,22,27-28H2,1-4H3/t31-,32-,33-/m0/s1. The van der Waals surface area contributed by atoms with Gasteiger partial charge in [-0.25, -0.2) is 0 Å². The van der Waals surface area contributed by atoms with Crippen LogP contribution in [0.2, 0.25) is 5.04 Å². The van der Waals surface area contributed by atoms with Crippen molar-refractivity contribution in [3.05, 3.63) is 71.1 Å². The molecule has 0 saturated heterocycles. The van der Waals surface area contributed by atoms with Gasteiger partial charge in [-0.3, -0.25) is 0 Å². The summed E-state index contributed by atoms with van der Waals surface area (Å²) in [6.07, 6.45) is 13.3. The Morgan fingerprint density at radius 1 is 0.756 bits per heavy atom. The lowest BCUT2D eigenvalue weighted by atomic mass is 10.00. The van der Waals surface area contributed by atoms with E-state index in [2.05, 4.69) is 62.0 Å². The number of rotatable bonds is 21. The number of nitrogens with zero attached hydrogens (tertiary/aromatic N) is 3. The molecule has 0 heterocycles. The van der Waals surface area contributed by atoms with Crippen molar-refractivity contribution < 1.29 is 14.6 Å². The second kappa shape index (κ2) is 19.1. The highest BCUT2D eigenvalue weighted by atomic mass is 28.4. The lowest BCUT2D eigenvalue weighted by molar-refractivity contribution is -0.0106. The molecule has 0 aliphatic carbocycles. The molecular formula is C34H55N3O3Si. The Morgan fingerprint density at radius 2 is 1.20 bits per heavy atom. The van der Waals surface area contributed by atoms with Crippen molar-refractivity contribution in [3.8, 4) is 0 Å². The lowest BCUT2D eigenvalue weighted by Crippen LogP contribution is -2.67. The maximum Gasteiger partial charge on any atom is 0.261 e. The van der Waals surface area contributed by atoms with Gasteiger partial charge in [-0.15, -0.1) is 0 Å². The molecule has 7 heteroatoms. The second-order valence-electron chi connectivity index (χ2n) is 12.5. The Balaban J connectivity index is 1.94. The van der Waals surface area contributed by atoms with Gasteiger partial charge in [0, 0.05) is 11.5 Å². The van der Waals surface area contributed by atoms with Gasteiger partial charge in [0.2, 0.25) is 0 Å². The Hall–Kier alpha value is -2.15. The molecule has 0 radical (unpaired) electrons. The summed E-state index contributed by atoms with van der Waals surface area (Å²) in [6, 6.07) is 19.6. The molecule has 0 fully saturated rings. The van der Waals surface area contributed by atoms with Crippen molar-refractivity contribution in [1.82, 2.24) is 0 Å². The molecule has 0 aliphatic rings. The number of hydrogen-bond acceptors (Lipinski definition) is 4. The third-order valence-corrected chi connectivity index (χ3v) is 13.2. The van der Waals surface area contributed by atoms with Crippen molar-refractivity contribution in [2.45, 2.75) is 134 Å². The topological polar surface area (TPSA) is 98.5 Å². The molecular weight excluding hydrogens is 526 g/mol. The molecule has 2 N–H and O–H groups in total. The van der Waals surface area contributed by atoms with Crippen LogP contribution < -0.4 is 10.4 Å². The summed E-state index contributed by atoms with van der Waals surface area (Å²) in [7, 11) is -2.86. The fourth-order valence-corrected chi connectivity index (χ4v) is 10.4. The summed E-state index contributed by atoms with van der Waals surface area (Å²) < 4.78 is 6.87. The van der Waals surface area contributed by atoms with Crippen LogP contribution in [0.1, 0.15) is 111 Å². The van der Waals surface area contributed by atoms with E-state index in [1.807, 2.05) is 36.4 Å². The van der Waals surface area contributed by atoms with E-state index in [4.69, 9.17) is 4.43 Å². The quantitative estimate of drug-likeness (QED) is 0.0513. The molecule has 41 heavy (non-hydrogen) atoms. The third kappa shape index (κ3) is 11.2. The van der Waals surface area contributed by atoms with Crippen LogP contribution in [0.5, 0.6) is 0 Å². The van der Waals surface area contributed by atoms with Gasteiger partial charge in [0.1, 0.15) is 0 Å². The maximum atomic E-state index is 11.0. The van der Waals surface area contributed by atoms with E-state index in [0.717, 1.165) is 29.6 Å². The Bertz CT molecular complexity index is 954. The Morgan fingerprint density at radius 3 is 1.61 bits per heavy atom. The van der Waals surface area contributed by atoms with E-state index in [-0.39, 0.29) is 11.6 Å². The first-order chi connectivity index (χ1) is 19.8. The molecule has 0 bridgehead atoms. The van der Waals surface area contributed by atoms with Gasteiger partial charge in [0.25, 0.3) is 8.32 Å². The van der Waals surface area contributed by atoms with E-state index < -0.39 is 26.6 Å². The van der Waals surface area contributed by atoms with Gasteiger partial charge >= 0.3 is 0 Å². The summed E-state index contributed by atoms with van der Waals surface area (Å²) in [4.78, 5) is 3.00. The summed E-state index contributed by atoms with van der Waals surface area (Å²) in [5.41, 5.74) is 9.30. The first kappa shape index (κ1) is 35.0. The molecule has 0 amide bonds. The molecule has 0 unspecified atom stereocenters.